The second-order valence-electron chi connectivity index (χ2n) is 6.39. The van der Waals surface area contributed by atoms with E-state index in [0.29, 0.717) is 0 Å². The molecule has 0 spiro atoms. The molecule has 0 aromatic heterocycles. The summed E-state index contributed by atoms with van der Waals surface area (Å²) < 4.78 is 0. The van der Waals surface area contributed by atoms with Gasteiger partial charge in [-0.1, -0.05) is 90.4 Å². The predicted molar refractivity (Wildman–Crippen MR) is 117 cm³/mol. The van der Waals surface area contributed by atoms with Crippen LogP contribution in [0.4, 0.5) is 0 Å². The standard InChI is InChI=1S/C28H18/c1-3-8-23(9-4-1)14-16-25-10-7-11-26(22-25)17-15-24-18-20-28(21-19-24)27-12-5-2-6-13-27/h1-13,18-22H. The van der Waals surface area contributed by atoms with Crippen molar-refractivity contribution in [2.24, 2.45) is 0 Å². The van der Waals surface area contributed by atoms with Crippen LogP contribution in [0.2, 0.25) is 0 Å². The van der Waals surface area contributed by atoms with E-state index in [9.17, 15) is 0 Å². The Morgan fingerprint density at radius 1 is 0.321 bits per heavy atom. The first-order valence-electron chi connectivity index (χ1n) is 9.21. The molecule has 0 bridgehead atoms. The molecule has 0 aliphatic carbocycles. The maximum absolute atomic E-state index is 3.24. The first-order chi connectivity index (χ1) is 13.9. The summed E-state index contributed by atoms with van der Waals surface area (Å²) in [4.78, 5) is 0. The molecule has 0 saturated carbocycles. The van der Waals surface area contributed by atoms with Crippen molar-refractivity contribution in [1.82, 2.24) is 0 Å². The van der Waals surface area contributed by atoms with Gasteiger partial charge in [0, 0.05) is 22.3 Å². The molecule has 0 nitrogen and oxygen atoms in total. The summed E-state index contributed by atoms with van der Waals surface area (Å²) in [6.45, 7) is 0. The third-order valence-corrected chi connectivity index (χ3v) is 4.33. The van der Waals surface area contributed by atoms with Gasteiger partial charge in [-0.05, 0) is 53.6 Å². The molecule has 4 aromatic carbocycles. The lowest BCUT2D eigenvalue weighted by atomic mass is 10.0. The molecule has 0 heteroatoms. The van der Waals surface area contributed by atoms with Crippen LogP contribution in [0.3, 0.4) is 0 Å². The second kappa shape index (κ2) is 8.59. The van der Waals surface area contributed by atoms with Crippen LogP contribution in [0, 0.1) is 23.7 Å². The Morgan fingerprint density at radius 3 is 1.36 bits per heavy atom. The molecule has 0 unspecified atom stereocenters. The van der Waals surface area contributed by atoms with Crippen LogP contribution in [0.15, 0.2) is 109 Å². The molecule has 0 saturated heterocycles. The van der Waals surface area contributed by atoms with Gasteiger partial charge >= 0.3 is 0 Å². The highest BCUT2D eigenvalue weighted by Gasteiger charge is 1.96. The van der Waals surface area contributed by atoms with Gasteiger partial charge in [-0.15, -0.1) is 0 Å². The SMILES string of the molecule is C(#Cc1cccc(C#Cc2ccc(-c3ccccc3)cc2)c1)c1ccccc1. The van der Waals surface area contributed by atoms with E-state index in [2.05, 4.69) is 72.2 Å². The molecule has 0 aliphatic rings. The minimum absolute atomic E-state index is 0.965. The van der Waals surface area contributed by atoms with Crippen LogP contribution in [0.1, 0.15) is 22.3 Å². The highest BCUT2D eigenvalue weighted by atomic mass is 14.0. The van der Waals surface area contributed by atoms with Gasteiger partial charge in [-0.2, -0.15) is 0 Å². The number of rotatable bonds is 1. The van der Waals surface area contributed by atoms with Crippen molar-refractivity contribution >= 4 is 0 Å². The topological polar surface area (TPSA) is 0 Å². The van der Waals surface area contributed by atoms with Gasteiger partial charge in [0.15, 0.2) is 0 Å². The number of hydrogen-bond acceptors (Lipinski definition) is 0. The van der Waals surface area contributed by atoms with Crippen LogP contribution in [-0.2, 0) is 0 Å². The lowest BCUT2D eigenvalue weighted by Gasteiger charge is -2.00. The zero-order valence-electron chi connectivity index (χ0n) is 15.4. The second-order valence-corrected chi connectivity index (χ2v) is 6.39. The van der Waals surface area contributed by atoms with E-state index in [1.165, 1.54) is 11.1 Å². The van der Waals surface area contributed by atoms with Crippen LogP contribution >= 0.6 is 0 Å². The Kier molecular flexibility index (Phi) is 5.34. The molecule has 0 radical (unpaired) electrons. The van der Waals surface area contributed by atoms with Gasteiger partial charge < -0.3 is 0 Å². The molecule has 28 heavy (non-hydrogen) atoms. The first-order valence-corrected chi connectivity index (χ1v) is 9.21. The Morgan fingerprint density at radius 2 is 0.750 bits per heavy atom. The summed E-state index contributed by atoms with van der Waals surface area (Å²) in [5.41, 5.74) is 6.36. The number of benzene rings is 4. The van der Waals surface area contributed by atoms with E-state index >= 15 is 0 Å². The zero-order valence-corrected chi connectivity index (χ0v) is 15.4. The minimum Gasteiger partial charge on any atom is -0.0622 e. The van der Waals surface area contributed by atoms with Crippen molar-refractivity contribution in [3.05, 3.63) is 131 Å². The van der Waals surface area contributed by atoms with Gasteiger partial charge in [0.25, 0.3) is 0 Å². The molecule has 0 N–H and O–H groups in total. The van der Waals surface area contributed by atoms with Crippen LogP contribution in [0.5, 0.6) is 0 Å². The monoisotopic (exact) mass is 354 g/mol. The highest BCUT2D eigenvalue weighted by Crippen LogP contribution is 2.19. The molecule has 130 valence electrons. The fraction of sp³-hybridized carbons (Fsp3) is 0. The van der Waals surface area contributed by atoms with E-state index < -0.39 is 0 Å². The Balaban J connectivity index is 1.51. The number of hydrogen-bond donors (Lipinski definition) is 0. The van der Waals surface area contributed by atoms with Crippen molar-refractivity contribution in [2.45, 2.75) is 0 Å². The van der Waals surface area contributed by atoms with Crippen molar-refractivity contribution in [3.63, 3.8) is 0 Å². The van der Waals surface area contributed by atoms with E-state index in [0.717, 1.165) is 22.3 Å². The van der Waals surface area contributed by atoms with Crippen molar-refractivity contribution in [3.8, 4) is 34.8 Å². The van der Waals surface area contributed by atoms with Crippen molar-refractivity contribution < 1.29 is 0 Å². The van der Waals surface area contributed by atoms with Gasteiger partial charge in [-0.25, -0.2) is 0 Å². The summed E-state index contributed by atoms with van der Waals surface area (Å²) in [6, 6.07) is 36.8. The summed E-state index contributed by atoms with van der Waals surface area (Å²) in [6.07, 6.45) is 0. The quantitative estimate of drug-likeness (QED) is 0.359. The summed E-state index contributed by atoms with van der Waals surface area (Å²) in [5.74, 6) is 12.9. The van der Waals surface area contributed by atoms with E-state index in [-0.39, 0.29) is 0 Å². The molecule has 0 atom stereocenters. The molecule has 0 heterocycles. The normalized spacial score (nSPS) is 9.57. The molecule has 0 fully saturated rings. The maximum Gasteiger partial charge on any atom is 0.0261 e. The van der Waals surface area contributed by atoms with Gasteiger partial charge in [0.2, 0.25) is 0 Å². The third-order valence-electron chi connectivity index (χ3n) is 4.33. The average Bonchev–Trinajstić information content (AvgIpc) is 2.78. The van der Waals surface area contributed by atoms with E-state index in [4.69, 9.17) is 0 Å². The van der Waals surface area contributed by atoms with Crippen molar-refractivity contribution in [1.29, 1.82) is 0 Å². The van der Waals surface area contributed by atoms with Crippen LogP contribution in [-0.4, -0.2) is 0 Å². The Labute approximate surface area is 166 Å². The average molecular weight is 354 g/mol. The Hall–Kier alpha value is -4.00. The molecule has 4 rings (SSSR count). The first kappa shape index (κ1) is 17.4. The van der Waals surface area contributed by atoms with Crippen LogP contribution < -0.4 is 0 Å². The van der Waals surface area contributed by atoms with Gasteiger partial charge in [-0.3, -0.25) is 0 Å². The molecule has 0 amide bonds. The summed E-state index contributed by atoms with van der Waals surface area (Å²) >= 11 is 0. The van der Waals surface area contributed by atoms with Crippen LogP contribution in [0.25, 0.3) is 11.1 Å². The van der Waals surface area contributed by atoms with Gasteiger partial charge in [0.05, 0.1) is 0 Å². The highest BCUT2D eigenvalue weighted by molar-refractivity contribution is 5.64. The summed E-state index contributed by atoms with van der Waals surface area (Å²) in [5, 5.41) is 0. The third kappa shape index (κ3) is 4.59. The van der Waals surface area contributed by atoms with E-state index in [1.807, 2.05) is 60.7 Å². The molecular formula is C28H18. The molecule has 4 aromatic rings. The zero-order chi connectivity index (χ0) is 19.0. The van der Waals surface area contributed by atoms with Crippen molar-refractivity contribution in [2.75, 3.05) is 0 Å². The lowest BCUT2D eigenvalue weighted by molar-refractivity contribution is 1.58. The smallest absolute Gasteiger partial charge is 0.0261 e. The fourth-order valence-corrected chi connectivity index (χ4v) is 2.86. The minimum atomic E-state index is 0.965. The molecular weight excluding hydrogens is 336 g/mol. The fourth-order valence-electron chi connectivity index (χ4n) is 2.86. The predicted octanol–water partition coefficient (Wildman–Crippen LogP) is 6.15. The lowest BCUT2D eigenvalue weighted by Crippen LogP contribution is -1.81. The summed E-state index contributed by atoms with van der Waals surface area (Å²) in [7, 11) is 0. The largest absolute Gasteiger partial charge is 0.0622 e. The maximum atomic E-state index is 3.24. The van der Waals surface area contributed by atoms with Gasteiger partial charge in [0.1, 0.15) is 0 Å². The van der Waals surface area contributed by atoms with E-state index in [1.54, 1.807) is 0 Å². The molecule has 0 aliphatic heterocycles. The Bertz CT molecular complexity index is 1180.